The summed E-state index contributed by atoms with van der Waals surface area (Å²) in [4.78, 5) is 21.5. The first-order valence-electron chi connectivity index (χ1n) is 4.35. The zero-order valence-electron chi connectivity index (χ0n) is 7.73. The summed E-state index contributed by atoms with van der Waals surface area (Å²) in [6.45, 7) is 0.604. The summed E-state index contributed by atoms with van der Waals surface area (Å²) in [5, 5.41) is 8.88. The van der Waals surface area contributed by atoms with Gasteiger partial charge in [0, 0.05) is 0 Å². The van der Waals surface area contributed by atoms with Crippen LogP contribution in [-0.4, -0.2) is 30.6 Å². The van der Waals surface area contributed by atoms with Gasteiger partial charge in [-0.25, -0.2) is 4.79 Å². The number of hydrogen-bond acceptors (Lipinski definition) is 4. The summed E-state index contributed by atoms with van der Waals surface area (Å²) in [7, 11) is 0. The highest BCUT2D eigenvalue weighted by Gasteiger charge is 2.23. The molecule has 0 spiro atoms. The minimum Gasteiger partial charge on any atom is -0.485 e. The highest BCUT2D eigenvalue weighted by molar-refractivity contribution is 5.95. The number of aldehydes is 1. The fraction of sp³-hybridized carbons (Fsp3) is 0.200. The van der Waals surface area contributed by atoms with E-state index in [-0.39, 0.29) is 23.7 Å². The lowest BCUT2D eigenvalue weighted by Gasteiger charge is -2.20. The average molecular weight is 208 g/mol. The predicted octanol–water partition coefficient (Wildman–Crippen LogP) is 0.968. The zero-order valence-corrected chi connectivity index (χ0v) is 7.73. The fourth-order valence-corrected chi connectivity index (χ4v) is 1.42. The molecule has 0 aliphatic carbocycles. The van der Waals surface area contributed by atoms with Crippen LogP contribution in [0.3, 0.4) is 0 Å². The molecular weight excluding hydrogens is 200 g/mol. The van der Waals surface area contributed by atoms with Gasteiger partial charge in [-0.3, -0.25) is 4.79 Å². The Labute approximate surface area is 85.2 Å². The fourth-order valence-electron chi connectivity index (χ4n) is 1.42. The van der Waals surface area contributed by atoms with Crippen LogP contribution in [0.2, 0.25) is 0 Å². The molecule has 15 heavy (non-hydrogen) atoms. The minimum atomic E-state index is -1.10. The summed E-state index contributed by atoms with van der Waals surface area (Å²) in [6.07, 6.45) is 0.610. The van der Waals surface area contributed by atoms with E-state index in [4.69, 9.17) is 14.6 Å². The van der Waals surface area contributed by atoms with Gasteiger partial charge in [-0.1, -0.05) is 0 Å². The van der Waals surface area contributed by atoms with Gasteiger partial charge in [-0.05, 0) is 12.1 Å². The first kappa shape index (κ1) is 9.51. The van der Waals surface area contributed by atoms with Crippen molar-refractivity contribution in [1.29, 1.82) is 0 Å². The van der Waals surface area contributed by atoms with Gasteiger partial charge in [0.05, 0.1) is 5.56 Å². The van der Waals surface area contributed by atoms with E-state index in [9.17, 15) is 9.59 Å². The molecule has 1 aromatic rings. The molecule has 1 aromatic carbocycles. The molecule has 2 rings (SSSR count). The molecule has 0 fully saturated rings. The quantitative estimate of drug-likeness (QED) is 0.733. The number of carboxylic acids is 1. The van der Waals surface area contributed by atoms with E-state index in [1.54, 1.807) is 0 Å². The SMILES string of the molecule is O=Cc1ccc(C(=O)O)c2c1OCCO2. The van der Waals surface area contributed by atoms with E-state index >= 15 is 0 Å². The van der Waals surface area contributed by atoms with Crippen molar-refractivity contribution in [3.8, 4) is 11.5 Å². The average Bonchev–Trinajstić information content (AvgIpc) is 2.27. The smallest absolute Gasteiger partial charge is 0.339 e. The second-order valence-corrected chi connectivity index (χ2v) is 2.98. The van der Waals surface area contributed by atoms with E-state index in [0.29, 0.717) is 18.5 Å². The van der Waals surface area contributed by atoms with Crippen LogP contribution in [0, 0.1) is 0 Å². The molecule has 5 nitrogen and oxygen atoms in total. The monoisotopic (exact) mass is 208 g/mol. The lowest BCUT2D eigenvalue weighted by molar-refractivity contribution is 0.0685. The van der Waals surface area contributed by atoms with Crippen LogP contribution in [0.5, 0.6) is 11.5 Å². The van der Waals surface area contributed by atoms with Crippen LogP contribution < -0.4 is 9.47 Å². The molecule has 78 valence electrons. The Morgan fingerprint density at radius 1 is 1.27 bits per heavy atom. The van der Waals surface area contributed by atoms with Gasteiger partial charge in [0.15, 0.2) is 17.8 Å². The highest BCUT2D eigenvalue weighted by atomic mass is 16.6. The maximum absolute atomic E-state index is 10.8. The molecule has 1 heterocycles. The number of carboxylic acid groups (broad SMARTS) is 1. The summed E-state index contributed by atoms with van der Waals surface area (Å²) >= 11 is 0. The van der Waals surface area contributed by atoms with Crippen LogP contribution in [0.1, 0.15) is 20.7 Å². The number of fused-ring (bicyclic) bond motifs is 1. The van der Waals surface area contributed by atoms with Crippen molar-refractivity contribution in [3.63, 3.8) is 0 Å². The molecule has 1 N–H and O–H groups in total. The molecule has 1 aliphatic heterocycles. The topological polar surface area (TPSA) is 72.8 Å². The number of aromatic carboxylic acids is 1. The summed E-state index contributed by atoms with van der Waals surface area (Å²) < 4.78 is 10.4. The lowest BCUT2D eigenvalue weighted by Crippen LogP contribution is -2.19. The number of carbonyl (C=O) groups is 2. The maximum Gasteiger partial charge on any atom is 0.339 e. The third kappa shape index (κ3) is 1.52. The summed E-state index contributed by atoms with van der Waals surface area (Å²) in [5.41, 5.74) is 0.310. The molecule has 0 unspecified atom stereocenters. The minimum absolute atomic E-state index is 0.00954. The van der Waals surface area contributed by atoms with Gasteiger partial charge in [-0.15, -0.1) is 0 Å². The first-order valence-corrected chi connectivity index (χ1v) is 4.35. The van der Waals surface area contributed by atoms with Crippen LogP contribution in [0.15, 0.2) is 12.1 Å². The Morgan fingerprint density at radius 3 is 2.53 bits per heavy atom. The Bertz CT molecular complexity index is 424. The van der Waals surface area contributed by atoms with E-state index < -0.39 is 5.97 Å². The van der Waals surface area contributed by atoms with Gasteiger partial charge >= 0.3 is 5.97 Å². The van der Waals surface area contributed by atoms with E-state index in [1.807, 2.05) is 0 Å². The van der Waals surface area contributed by atoms with E-state index in [0.717, 1.165) is 0 Å². The largest absolute Gasteiger partial charge is 0.485 e. The number of carbonyl (C=O) groups excluding carboxylic acids is 1. The standard InChI is InChI=1S/C10H8O5/c11-5-6-1-2-7(10(12)13)9-8(6)14-3-4-15-9/h1-2,5H,3-4H2,(H,12,13). The number of hydrogen-bond donors (Lipinski definition) is 1. The van der Waals surface area contributed by atoms with Crippen molar-refractivity contribution in [2.24, 2.45) is 0 Å². The van der Waals surface area contributed by atoms with Gasteiger partial charge < -0.3 is 14.6 Å². The lowest BCUT2D eigenvalue weighted by atomic mass is 10.1. The number of rotatable bonds is 2. The summed E-state index contributed by atoms with van der Waals surface area (Å²) in [5.74, 6) is -0.747. The molecule has 0 saturated heterocycles. The molecule has 1 aliphatic rings. The van der Waals surface area contributed by atoms with Crippen molar-refractivity contribution in [2.75, 3.05) is 13.2 Å². The van der Waals surface area contributed by atoms with E-state index in [1.165, 1.54) is 12.1 Å². The van der Waals surface area contributed by atoms with Crippen molar-refractivity contribution in [1.82, 2.24) is 0 Å². The van der Waals surface area contributed by atoms with Crippen LogP contribution in [0.25, 0.3) is 0 Å². The third-order valence-electron chi connectivity index (χ3n) is 2.08. The van der Waals surface area contributed by atoms with Crippen molar-refractivity contribution in [2.45, 2.75) is 0 Å². The molecule has 0 saturated carbocycles. The van der Waals surface area contributed by atoms with Crippen molar-refractivity contribution < 1.29 is 24.2 Å². The Kier molecular flexibility index (Phi) is 2.29. The van der Waals surface area contributed by atoms with Gasteiger partial charge in [0.25, 0.3) is 0 Å². The van der Waals surface area contributed by atoms with E-state index in [2.05, 4.69) is 0 Å². The molecule has 0 atom stereocenters. The molecule has 0 radical (unpaired) electrons. The van der Waals surface area contributed by atoms with Crippen LogP contribution in [-0.2, 0) is 0 Å². The van der Waals surface area contributed by atoms with Crippen LogP contribution in [0.4, 0.5) is 0 Å². The first-order chi connectivity index (χ1) is 7.24. The Hall–Kier alpha value is -2.04. The molecule has 0 aromatic heterocycles. The normalized spacial score (nSPS) is 13.3. The molecular formula is C10H8O5. The number of ether oxygens (including phenoxy) is 2. The third-order valence-corrected chi connectivity index (χ3v) is 2.08. The maximum atomic E-state index is 10.8. The van der Waals surface area contributed by atoms with Crippen LogP contribution >= 0.6 is 0 Å². The second-order valence-electron chi connectivity index (χ2n) is 2.98. The molecule has 0 bridgehead atoms. The molecule has 0 amide bonds. The van der Waals surface area contributed by atoms with Gasteiger partial charge in [0.2, 0.25) is 0 Å². The molecule has 5 heteroatoms. The Balaban J connectivity index is 2.62. The second kappa shape index (κ2) is 3.61. The van der Waals surface area contributed by atoms with Gasteiger partial charge in [-0.2, -0.15) is 0 Å². The predicted molar refractivity (Wildman–Crippen MR) is 49.8 cm³/mol. The zero-order chi connectivity index (χ0) is 10.8. The highest BCUT2D eigenvalue weighted by Crippen LogP contribution is 2.36. The van der Waals surface area contributed by atoms with Gasteiger partial charge in [0.1, 0.15) is 18.8 Å². The number of benzene rings is 1. The van der Waals surface area contributed by atoms with Crippen molar-refractivity contribution >= 4 is 12.3 Å². The Morgan fingerprint density at radius 2 is 1.93 bits per heavy atom. The van der Waals surface area contributed by atoms with Crippen molar-refractivity contribution in [3.05, 3.63) is 23.3 Å². The summed E-state index contributed by atoms with van der Waals surface area (Å²) in [6, 6.07) is 2.74.